The molecule has 5 N–H and O–H groups in total. The molecular weight excluding hydrogens is 1300 g/mol. The van der Waals surface area contributed by atoms with E-state index >= 15 is 8.78 Å². The van der Waals surface area contributed by atoms with Gasteiger partial charge in [-0.2, -0.15) is 45.3 Å². The first kappa shape index (κ1) is 68.3. The number of hydrogen-bond acceptors (Lipinski definition) is 13. The molecule has 3 amide bonds. The van der Waals surface area contributed by atoms with E-state index in [4.69, 9.17) is 21.2 Å². The first-order valence-corrected chi connectivity index (χ1v) is 31.4. The smallest absolute Gasteiger partial charge is 0.480 e. The van der Waals surface area contributed by atoms with E-state index in [2.05, 4.69) is 37.7 Å². The largest absolute Gasteiger partial charge is 0.524 e. The van der Waals surface area contributed by atoms with Gasteiger partial charge < -0.3 is 20.3 Å². The number of hydrogen-bond donors (Lipinski definition) is 6. The van der Waals surface area contributed by atoms with Crippen LogP contribution in [0.1, 0.15) is 109 Å². The molecule has 21 nitrogen and oxygen atoms in total. The number of alkyl halides is 8. The molecule has 3 aromatic heterocycles. The summed E-state index contributed by atoms with van der Waals surface area (Å²) < 4.78 is 217. The Labute approximate surface area is 511 Å². The topological polar surface area (TPSA) is 299 Å². The van der Waals surface area contributed by atoms with Crippen LogP contribution < -0.4 is 15.2 Å². The molecule has 35 heteroatoms. The van der Waals surface area contributed by atoms with Crippen molar-refractivity contribution >= 4 is 74.7 Å². The number of sulfone groups is 1. The Morgan fingerprint density at radius 3 is 2.18 bits per heavy atom. The summed E-state index contributed by atoms with van der Waals surface area (Å²) >= 11 is 6.77. The SMILES string of the molecule is Cc1cc(CC(=O)NCC(=O)O)c(C(C)(C)CC(=O)N(Cc2nn(CC(F)(F)F)c3c(-c4ccc(C#CC(C)(C)S(C)(=O)=O)nc4[C@H](Cc4cc(F)cc(F)c4)NC(=O)Cn4nc(C(F)(F)F)c5c4C(F)(F)[C@@H]4C[C@H]54)ccc(Cl)c23)[SH](=O)=O)c(OP(=O)(O)O)c1. The lowest BCUT2D eigenvalue weighted by Gasteiger charge is -2.31. The summed E-state index contributed by atoms with van der Waals surface area (Å²) in [7, 11) is -13.5. The number of carboxylic acid groups (broad SMARTS) is 1. The molecule has 0 aliphatic heterocycles. The van der Waals surface area contributed by atoms with Crippen molar-refractivity contribution in [2.24, 2.45) is 5.92 Å². The Balaban J connectivity index is 1.29. The van der Waals surface area contributed by atoms with E-state index < -0.39 is 206 Å². The average molecular weight is 1350 g/mol. The number of pyridine rings is 1. The van der Waals surface area contributed by atoms with Gasteiger partial charge in [0.05, 0.1) is 40.9 Å². The second kappa shape index (κ2) is 24.5. The van der Waals surface area contributed by atoms with Gasteiger partial charge in [-0.05, 0) is 98.5 Å². The van der Waals surface area contributed by atoms with E-state index in [0.29, 0.717) is 10.7 Å². The summed E-state index contributed by atoms with van der Waals surface area (Å²) in [6.45, 7) is 0.978. The van der Waals surface area contributed by atoms with Gasteiger partial charge in [-0.15, -0.1) is 0 Å². The minimum atomic E-state index is -5.45. The zero-order chi connectivity index (χ0) is 66.9. The molecule has 90 heavy (non-hydrogen) atoms. The number of aliphatic carboxylic acids is 1. The average Bonchev–Trinajstić information content (AvgIpc) is 1.52. The van der Waals surface area contributed by atoms with Crippen molar-refractivity contribution in [2.75, 3.05) is 12.8 Å². The predicted molar refractivity (Wildman–Crippen MR) is 299 cm³/mol. The number of carboxylic acids is 1. The quantitative estimate of drug-likeness (QED) is 0.0172. The molecule has 3 atom stereocenters. The Hall–Kier alpha value is -7.63. The van der Waals surface area contributed by atoms with E-state index in [0.717, 1.165) is 48.7 Å². The Morgan fingerprint density at radius 2 is 1.59 bits per heavy atom. The second-order valence-electron chi connectivity index (χ2n) is 22.6. The van der Waals surface area contributed by atoms with Crippen LogP contribution in [0.25, 0.3) is 22.0 Å². The minimum absolute atomic E-state index is 0.0774. The number of nitrogens with one attached hydrogen (secondary N) is 2. The number of phosphoric ester groups is 1. The molecular formula is C55H52ClF10N8O13PS2. The fraction of sp³-hybridized carbons (Fsp3) is 0.400. The number of fused-ring (bicyclic) bond motifs is 4. The molecule has 3 heterocycles. The summed E-state index contributed by atoms with van der Waals surface area (Å²) in [4.78, 5) is 77.4. The summed E-state index contributed by atoms with van der Waals surface area (Å²) in [6, 6.07) is 7.05. The molecule has 0 bridgehead atoms. The number of aromatic nitrogens is 5. The van der Waals surface area contributed by atoms with Crippen LogP contribution in [0.2, 0.25) is 5.02 Å². The number of nitrogens with zero attached hydrogens (tertiary/aromatic N) is 6. The fourth-order valence-corrected chi connectivity index (χ4v) is 12.1. The van der Waals surface area contributed by atoms with Gasteiger partial charge in [0.15, 0.2) is 15.5 Å². The lowest BCUT2D eigenvalue weighted by atomic mass is 9.77. The molecule has 6 aromatic rings. The monoisotopic (exact) mass is 1350 g/mol. The lowest BCUT2D eigenvalue weighted by molar-refractivity contribution is -0.143. The van der Waals surface area contributed by atoms with Gasteiger partial charge in [0, 0.05) is 57.7 Å². The van der Waals surface area contributed by atoms with Crippen LogP contribution >= 0.6 is 19.4 Å². The highest BCUT2D eigenvalue weighted by Gasteiger charge is 2.68. The van der Waals surface area contributed by atoms with Crippen LogP contribution in [0.5, 0.6) is 5.75 Å². The highest BCUT2D eigenvalue weighted by atomic mass is 35.5. The van der Waals surface area contributed by atoms with E-state index in [1.165, 1.54) is 40.7 Å². The first-order chi connectivity index (χ1) is 41.3. The van der Waals surface area contributed by atoms with Gasteiger partial charge in [-0.3, -0.25) is 38.3 Å². The number of benzene rings is 3. The molecule has 2 aliphatic rings. The van der Waals surface area contributed by atoms with Gasteiger partial charge in [-0.25, -0.2) is 39.5 Å². The highest BCUT2D eigenvalue weighted by molar-refractivity contribution is 7.92. The molecule has 1 fully saturated rings. The molecule has 2 aliphatic carbocycles. The van der Waals surface area contributed by atoms with E-state index in [-0.39, 0.29) is 54.5 Å². The zero-order valence-corrected chi connectivity index (χ0v) is 51.0. The van der Waals surface area contributed by atoms with Gasteiger partial charge in [0.25, 0.3) is 5.92 Å². The lowest BCUT2D eigenvalue weighted by Crippen LogP contribution is -2.36. The van der Waals surface area contributed by atoms with Crippen LogP contribution in [0, 0.1) is 36.3 Å². The number of thiol groups is 1. The molecule has 3 aromatic carbocycles. The standard InChI is InChI=1S/C55H52ClF10N8O13PS2/c1-26-13-28(18-40(75)67-22-43(78)79)46(39(14-26)87-88(80,81)82)51(2,3)21-42(77)74(89(83)84)23-38-45-36(56)10-9-33(48(45)73(70-38)25-53(59,60)61)32-8-7-31(11-12-52(4,5)90(6,85)86)68-47(32)37(17-27-15-29(57)19-30(58)16-27)69-41(76)24-72-50-44(49(71-72)55(64,65)66)34-20-35(34)54(50,62)63/h7-10,13-16,19,34-35,37,89H,17-18,20-25H2,1-6H3,(H,67,75)(H,69,76)(H,78,79)(H2,80,81,82)/t34-,35+,37-/m0/s1. The van der Waals surface area contributed by atoms with Crippen LogP contribution in [0.3, 0.4) is 0 Å². The highest BCUT2D eigenvalue weighted by Crippen LogP contribution is 2.68. The van der Waals surface area contributed by atoms with Crippen molar-refractivity contribution in [2.45, 2.75) is 120 Å². The Bertz CT molecular complexity index is 4240. The Kier molecular flexibility index (Phi) is 18.6. The van der Waals surface area contributed by atoms with Crippen molar-refractivity contribution in [3.05, 3.63) is 128 Å². The number of carbonyl (C=O) groups is 4. The van der Waals surface area contributed by atoms with E-state index in [9.17, 15) is 85.5 Å². The number of halogens is 11. The van der Waals surface area contributed by atoms with Crippen LogP contribution in [0.4, 0.5) is 43.9 Å². The predicted octanol–water partition coefficient (Wildman–Crippen LogP) is 8.04. The second-order valence-corrected chi connectivity index (χ2v) is 27.7. The number of aryl methyl sites for hydroxylation is 1. The molecule has 0 radical (unpaired) electrons. The van der Waals surface area contributed by atoms with Gasteiger partial charge in [-0.1, -0.05) is 43.5 Å². The first-order valence-electron chi connectivity index (χ1n) is 26.5. The molecule has 484 valence electrons. The number of amides is 3. The van der Waals surface area contributed by atoms with Crippen molar-refractivity contribution < 1.29 is 104 Å². The zero-order valence-electron chi connectivity index (χ0n) is 47.7. The molecule has 0 spiro atoms. The third kappa shape index (κ3) is 15.1. The van der Waals surface area contributed by atoms with Crippen molar-refractivity contribution in [1.82, 2.24) is 39.5 Å². The maximum absolute atomic E-state index is 15.7. The minimum Gasteiger partial charge on any atom is -0.480 e. The summed E-state index contributed by atoms with van der Waals surface area (Å²) in [5.74, 6) is -9.64. The third-order valence-corrected chi connectivity index (χ3v) is 18.3. The van der Waals surface area contributed by atoms with E-state index in [1.54, 1.807) is 0 Å². The van der Waals surface area contributed by atoms with Crippen LogP contribution in [-0.2, 0) is 94.5 Å². The third-order valence-electron chi connectivity index (χ3n) is 14.8. The van der Waals surface area contributed by atoms with E-state index in [1.807, 2.05) is 0 Å². The maximum Gasteiger partial charge on any atom is 0.524 e. The molecule has 1 saturated carbocycles. The molecule has 0 saturated heterocycles. The van der Waals surface area contributed by atoms with Crippen LogP contribution in [-0.4, -0.2) is 108 Å². The van der Waals surface area contributed by atoms with Crippen molar-refractivity contribution in [3.8, 4) is 28.7 Å². The Morgan fingerprint density at radius 1 is 0.944 bits per heavy atom. The van der Waals surface area contributed by atoms with Gasteiger partial charge in [0.1, 0.15) is 53.2 Å². The molecule has 0 unspecified atom stereocenters. The van der Waals surface area contributed by atoms with Crippen molar-refractivity contribution in [3.63, 3.8) is 0 Å². The van der Waals surface area contributed by atoms with Gasteiger partial charge >= 0.3 is 26.1 Å². The van der Waals surface area contributed by atoms with Crippen molar-refractivity contribution in [1.29, 1.82) is 0 Å². The summed E-state index contributed by atoms with van der Waals surface area (Å²) in [6.07, 6.45) is -12.3. The number of phosphoric acid groups is 1. The summed E-state index contributed by atoms with van der Waals surface area (Å²) in [5.41, 5.74) is -8.69. The van der Waals surface area contributed by atoms with Crippen LogP contribution in [0.15, 0.2) is 54.6 Å². The summed E-state index contributed by atoms with van der Waals surface area (Å²) in [5, 5.41) is 20.2. The number of rotatable bonds is 21. The normalized spacial score (nSPS) is 16.0. The van der Waals surface area contributed by atoms with Gasteiger partial charge in [0.2, 0.25) is 28.6 Å². The fourth-order valence-electron chi connectivity index (χ4n) is 10.7. The number of carbonyl (C=O) groups excluding carboxylic acids is 3. The maximum atomic E-state index is 15.7. The molecule has 8 rings (SSSR count).